The minimum Gasteiger partial charge on any atom is -0.448 e. The first-order valence-electron chi connectivity index (χ1n) is 8.27. The van der Waals surface area contributed by atoms with E-state index in [9.17, 15) is 4.79 Å². The monoisotopic (exact) mass is 333 g/mol. The summed E-state index contributed by atoms with van der Waals surface area (Å²) in [5.41, 5.74) is 1.62. The first-order chi connectivity index (χ1) is 11.1. The lowest BCUT2D eigenvalue weighted by Gasteiger charge is -2.31. The van der Waals surface area contributed by atoms with Crippen LogP contribution in [0.3, 0.4) is 0 Å². The maximum Gasteiger partial charge on any atom is 0.276 e. The number of carbonyl (C=O) groups is 1. The van der Waals surface area contributed by atoms with Crippen molar-refractivity contribution < 1.29 is 9.21 Å². The predicted molar refractivity (Wildman–Crippen MR) is 90.0 cm³/mol. The summed E-state index contributed by atoms with van der Waals surface area (Å²) in [5, 5.41) is 3.30. The molecule has 0 N–H and O–H groups in total. The summed E-state index contributed by atoms with van der Waals surface area (Å²) in [4.78, 5) is 23.5. The summed E-state index contributed by atoms with van der Waals surface area (Å²) in [7, 11) is 0. The van der Waals surface area contributed by atoms with E-state index < -0.39 is 0 Å². The van der Waals surface area contributed by atoms with Crippen LogP contribution in [0.4, 0.5) is 0 Å². The lowest BCUT2D eigenvalue weighted by Crippen LogP contribution is -2.39. The van der Waals surface area contributed by atoms with Crippen molar-refractivity contribution in [2.75, 3.05) is 13.1 Å². The van der Waals surface area contributed by atoms with Crippen molar-refractivity contribution in [1.82, 2.24) is 14.9 Å². The molecule has 23 heavy (non-hydrogen) atoms. The molecule has 0 saturated carbocycles. The standard InChI is InChI=1S/C17H23N3O2S/c1-4-14-15(18-10-22-14)17(21)20-7-5-6-12(8-20)16-19-13(9-23-16)11(2)3/h9-12H,4-8H2,1-3H3/t12-/m0/s1. The van der Waals surface area contributed by atoms with Gasteiger partial charge in [0.05, 0.1) is 10.7 Å². The van der Waals surface area contributed by atoms with Gasteiger partial charge >= 0.3 is 0 Å². The minimum absolute atomic E-state index is 0.0130. The van der Waals surface area contributed by atoms with Crippen molar-refractivity contribution in [3.05, 3.63) is 33.9 Å². The van der Waals surface area contributed by atoms with E-state index in [1.54, 1.807) is 11.3 Å². The molecule has 2 aromatic rings. The number of hydrogen-bond donors (Lipinski definition) is 0. The number of hydrogen-bond acceptors (Lipinski definition) is 5. The van der Waals surface area contributed by atoms with Crippen molar-refractivity contribution >= 4 is 17.2 Å². The SMILES string of the molecule is CCc1ocnc1C(=O)N1CCC[C@H](c2nc(C(C)C)cs2)C1. The van der Waals surface area contributed by atoms with Crippen LogP contribution in [0.25, 0.3) is 0 Å². The van der Waals surface area contributed by atoms with Gasteiger partial charge in [0.25, 0.3) is 5.91 Å². The summed E-state index contributed by atoms with van der Waals surface area (Å²) in [6.07, 6.45) is 4.15. The molecule has 0 aromatic carbocycles. The Morgan fingerprint density at radius 3 is 3.04 bits per heavy atom. The molecule has 0 aliphatic carbocycles. The van der Waals surface area contributed by atoms with Gasteiger partial charge in [-0.3, -0.25) is 4.79 Å². The van der Waals surface area contributed by atoms with Crippen molar-refractivity contribution in [2.45, 2.75) is 51.9 Å². The van der Waals surface area contributed by atoms with E-state index in [2.05, 4.69) is 24.2 Å². The Morgan fingerprint density at radius 1 is 1.52 bits per heavy atom. The van der Waals surface area contributed by atoms with Crippen LogP contribution in [0.5, 0.6) is 0 Å². The molecule has 3 heterocycles. The van der Waals surface area contributed by atoms with Crippen LogP contribution in [-0.4, -0.2) is 33.9 Å². The van der Waals surface area contributed by atoms with E-state index in [1.165, 1.54) is 6.39 Å². The third-order valence-electron chi connectivity index (χ3n) is 4.35. The number of oxazole rings is 1. The molecule has 5 nitrogen and oxygen atoms in total. The zero-order valence-electron chi connectivity index (χ0n) is 13.9. The van der Waals surface area contributed by atoms with Gasteiger partial charge in [-0.15, -0.1) is 11.3 Å². The Labute approximate surface area is 140 Å². The van der Waals surface area contributed by atoms with Gasteiger partial charge in [0, 0.05) is 30.8 Å². The molecule has 6 heteroatoms. The van der Waals surface area contributed by atoms with E-state index >= 15 is 0 Å². The third-order valence-corrected chi connectivity index (χ3v) is 5.38. The first-order valence-corrected chi connectivity index (χ1v) is 9.15. The molecule has 1 saturated heterocycles. The van der Waals surface area contributed by atoms with E-state index in [4.69, 9.17) is 9.40 Å². The van der Waals surface area contributed by atoms with Crippen LogP contribution in [-0.2, 0) is 6.42 Å². The van der Waals surface area contributed by atoms with Crippen molar-refractivity contribution in [2.24, 2.45) is 0 Å². The normalized spacial score (nSPS) is 18.6. The number of nitrogens with zero attached hydrogens (tertiary/aromatic N) is 3. The number of carbonyl (C=O) groups excluding carboxylic acids is 1. The number of aryl methyl sites for hydroxylation is 1. The van der Waals surface area contributed by atoms with E-state index in [0.717, 1.165) is 36.6 Å². The number of likely N-dealkylation sites (tertiary alicyclic amines) is 1. The smallest absolute Gasteiger partial charge is 0.276 e. The molecule has 0 bridgehead atoms. The lowest BCUT2D eigenvalue weighted by atomic mass is 9.98. The van der Waals surface area contributed by atoms with Gasteiger partial charge in [-0.2, -0.15) is 0 Å². The molecule has 124 valence electrons. The Morgan fingerprint density at radius 2 is 2.35 bits per heavy atom. The van der Waals surface area contributed by atoms with Gasteiger partial charge < -0.3 is 9.32 Å². The summed E-state index contributed by atoms with van der Waals surface area (Å²) < 4.78 is 5.30. The molecular formula is C17H23N3O2S. The average molecular weight is 333 g/mol. The number of rotatable bonds is 4. The fourth-order valence-corrected chi connectivity index (χ4v) is 4.07. The Kier molecular flexibility index (Phi) is 4.80. The highest BCUT2D eigenvalue weighted by Crippen LogP contribution is 2.31. The molecule has 0 unspecified atom stereocenters. The Hall–Kier alpha value is -1.69. The maximum atomic E-state index is 12.7. The van der Waals surface area contributed by atoms with Crippen molar-refractivity contribution in [3.8, 4) is 0 Å². The average Bonchev–Trinajstić information content (AvgIpc) is 3.23. The second-order valence-electron chi connectivity index (χ2n) is 6.33. The molecule has 1 fully saturated rings. The summed E-state index contributed by atoms with van der Waals surface area (Å²) in [6.45, 7) is 7.80. The second kappa shape index (κ2) is 6.83. The quantitative estimate of drug-likeness (QED) is 0.853. The van der Waals surface area contributed by atoms with Gasteiger partial charge in [-0.05, 0) is 18.8 Å². The first kappa shape index (κ1) is 16.2. The van der Waals surface area contributed by atoms with Crippen LogP contribution in [0.1, 0.15) is 72.4 Å². The summed E-state index contributed by atoms with van der Waals surface area (Å²) in [5.74, 6) is 1.44. The van der Waals surface area contributed by atoms with Crippen LogP contribution >= 0.6 is 11.3 Å². The number of piperidine rings is 1. The maximum absolute atomic E-state index is 12.7. The second-order valence-corrected chi connectivity index (χ2v) is 7.22. The van der Waals surface area contributed by atoms with Crippen LogP contribution < -0.4 is 0 Å². The van der Waals surface area contributed by atoms with Gasteiger partial charge in [-0.1, -0.05) is 20.8 Å². The summed E-state index contributed by atoms with van der Waals surface area (Å²) >= 11 is 1.72. The zero-order valence-corrected chi connectivity index (χ0v) is 14.7. The highest BCUT2D eigenvalue weighted by molar-refractivity contribution is 7.09. The molecule has 1 amide bonds. The van der Waals surface area contributed by atoms with E-state index in [1.807, 2.05) is 11.8 Å². The number of aromatic nitrogens is 2. The molecule has 3 rings (SSSR count). The van der Waals surface area contributed by atoms with Gasteiger partial charge in [-0.25, -0.2) is 9.97 Å². The molecule has 1 aliphatic rings. The molecule has 2 aromatic heterocycles. The van der Waals surface area contributed by atoms with Gasteiger partial charge in [0.15, 0.2) is 12.1 Å². The van der Waals surface area contributed by atoms with Crippen LogP contribution in [0, 0.1) is 0 Å². The lowest BCUT2D eigenvalue weighted by molar-refractivity contribution is 0.0699. The molecule has 0 spiro atoms. The highest BCUT2D eigenvalue weighted by Gasteiger charge is 2.29. The number of amides is 1. The fourth-order valence-electron chi connectivity index (χ4n) is 2.96. The van der Waals surface area contributed by atoms with E-state index in [-0.39, 0.29) is 5.91 Å². The largest absolute Gasteiger partial charge is 0.448 e. The minimum atomic E-state index is -0.0130. The third kappa shape index (κ3) is 3.32. The van der Waals surface area contributed by atoms with Gasteiger partial charge in [0.2, 0.25) is 0 Å². The highest BCUT2D eigenvalue weighted by atomic mass is 32.1. The predicted octanol–water partition coefficient (Wildman–Crippen LogP) is 3.84. The van der Waals surface area contributed by atoms with Crippen molar-refractivity contribution in [3.63, 3.8) is 0 Å². The van der Waals surface area contributed by atoms with E-state index in [0.29, 0.717) is 29.7 Å². The van der Waals surface area contributed by atoms with Crippen molar-refractivity contribution in [1.29, 1.82) is 0 Å². The van der Waals surface area contributed by atoms with Crippen LogP contribution in [0.2, 0.25) is 0 Å². The number of thiazole rings is 1. The summed E-state index contributed by atoms with van der Waals surface area (Å²) in [6, 6.07) is 0. The molecule has 1 atom stereocenters. The zero-order chi connectivity index (χ0) is 16.4. The molecular weight excluding hydrogens is 310 g/mol. The Bertz CT molecular complexity index is 677. The molecule has 0 radical (unpaired) electrons. The van der Waals surface area contributed by atoms with Gasteiger partial charge in [0.1, 0.15) is 5.76 Å². The van der Waals surface area contributed by atoms with Crippen LogP contribution in [0.15, 0.2) is 16.2 Å². The topological polar surface area (TPSA) is 59.2 Å². The fraction of sp³-hybridized carbons (Fsp3) is 0.588. The molecule has 1 aliphatic heterocycles. The Balaban J connectivity index is 1.74.